The van der Waals surface area contributed by atoms with E-state index in [4.69, 9.17) is 11.0 Å². The van der Waals surface area contributed by atoms with Crippen molar-refractivity contribution in [1.29, 1.82) is 5.26 Å². The van der Waals surface area contributed by atoms with Crippen LogP contribution < -0.4 is 16.0 Å². The molecule has 0 fully saturated rings. The second-order valence-corrected chi connectivity index (χ2v) is 5.04. The van der Waals surface area contributed by atoms with Crippen molar-refractivity contribution in [3.63, 3.8) is 0 Å². The molecule has 1 amide bonds. The van der Waals surface area contributed by atoms with Gasteiger partial charge in [0.15, 0.2) is 0 Å². The van der Waals surface area contributed by atoms with Gasteiger partial charge in [-0.2, -0.15) is 5.26 Å². The molecular formula is C12H13BrN4O. The van der Waals surface area contributed by atoms with Crippen molar-refractivity contribution >= 4 is 33.2 Å². The van der Waals surface area contributed by atoms with E-state index < -0.39 is 6.04 Å². The van der Waals surface area contributed by atoms with E-state index in [-0.39, 0.29) is 5.91 Å². The fourth-order valence-electron chi connectivity index (χ4n) is 1.93. The number of nitrogens with zero attached hydrogens (tertiary/aromatic N) is 2. The van der Waals surface area contributed by atoms with Crippen LogP contribution in [0.5, 0.6) is 0 Å². The molecule has 0 radical (unpaired) electrons. The Labute approximate surface area is 114 Å². The van der Waals surface area contributed by atoms with Gasteiger partial charge in [0.05, 0.1) is 18.2 Å². The van der Waals surface area contributed by atoms with Crippen LogP contribution in [0.4, 0.5) is 11.4 Å². The number of carbonyl (C=O) groups is 1. The van der Waals surface area contributed by atoms with Crippen molar-refractivity contribution in [3.8, 4) is 6.07 Å². The van der Waals surface area contributed by atoms with Gasteiger partial charge >= 0.3 is 0 Å². The molecule has 0 saturated heterocycles. The minimum atomic E-state index is -0.602. The Morgan fingerprint density at radius 1 is 1.61 bits per heavy atom. The number of rotatable bonds is 3. The summed E-state index contributed by atoms with van der Waals surface area (Å²) in [4.78, 5) is 13.4. The van der Waals surface area contributed by atoms with E-state index in [1.807, 2.05) is 24.1 Å². The molecule has 2 rings (SSSR count). The molecule has 1 unspecified atom stereocenters. The molecule has 0 spiro atoms. The maximum absolute atomic E-state index is 11.5. The minimum absolute atomic E-state index is 0.186. The summed E-state index contributed by atoms with van der Waals surface area (Å²) in [6.07, 6.45) is 0.450. The molecule has 94 valence electrons. The second-order valence-electron chi connectivity index (χ2n) is 4.19. The molecule has 0 aliphatic carbocycles. The lowest BCUT2D eigenvalue weighted by Gasteiger charge is -2.20. The van der Waals surface area contributed by atoms with Gasteiger partial charge in [-0.1, -0.05) is 0 Å². The van der Waals surface area contributed by atoms with Crippen molar-refractivity contribution in [2.24, 2.45) is 5.73 Å². The van der Waals surface area contributed by atoms with Crippen molar-refractivity contribution in [2.75, 3.05) is 23.8 Å². The summed E-state index contributed by atoms with van der Waals surface area (Å²) >= 11 is 3.47. The smallest absolute Gasteiger partial charge is 0.245 e. The number of nitrogens with one attached hydrogen (secondary N) is 1. The van der Waals surface area contributed by atoms with Crippen LogP contribution in [-0.4, -0.2) is 19.5 Å². The van der Waals surface area contributed by atoms with Crippen LogP contribution in [0.1, 0.15) is 18.0 Å². The van der Waals surface area contributed by atoms with E-state index in [0.717, 1.165) is 21.4 Å². The Hall–Kier alpha value is -1.58. The summed E-state index contributed by atoms with van der Waals surface area (Å²) in [7, 11) is 1.90. The highest BCUT2D eigenvalue weighted by atomic mass is 79.9. The quantitative estimate of drug-likeness (QED) is 0.891. The lowest BCUT2D eigenvalue weighted by Crippen LogP contribution is -2.19. The average Bonchev–Trinajstić information content (AvgIpc) is 2.62. The zero-order valence-corrected chi connectivity index (χ0v) is 11.5. The zero-order valence-electron chi connectivity index (χ0n) is 9.90. The number of hydrogen-bond acceptors (Lipinski definition) is 4. The summed E-state index contributed by atoms with van der Waals surface area (Å²) in [5.41, 5.74) is 8.25. The molecule has 1 aromatic rings. The topological polar surface area (TPSA) is 82.2 Å². The van der Waals surface area contributed by atoms with Gasteiger partial charge in [-0.3, -0.25) is 4.79 Å². The molecule has 1 atom stereocenters. The van der Waals surface area contributed by atoms with Gasteiger partial charge in [-0.25, -0.2) is 0 Å². The van der Waals surface area contributed by atoms with Crippen LogP contribution in [0.2, 0.25) is 0 Å². The van der Waals surface area contributed by atoms with Gasteiger partial charge in [-0.15, -0.1) is 0 Å². The summed E-state index contributed by atoms with van der Waals surface area (Å²) in [5, 5.41) is 11.3. The first-order valence-corrected chi connectivity index (χ1v) is 6.32. The predicted octanol–water partition coefficient (Wildman–Crippen LogP) is 1.75. The number of nitrogens with two attached hydrogens (primary N) is 1. The Morgan fingerprint density at radius 2 is 2.33 bits per heavy atom. The highest BCUT2D eigenvalue weighted by Crippen LogP contribution is 2.37. The van der Waals surface area contributed by atoms with Crippen LogP contribution in [-0.2, 0) is 4.79 Å². The van der Waals surface area contributed by atoms with E-state index in [1.165, 1.54) is 0 Å². The van der Waals surface area contributed by atoms with Crippen molar-refractivity contribution < 1.29 is 4.79 Å². The fraction of sp³-hybridized carbons (Fsp3) is 0.333. The number of benzene rings is 1. The normalized spacial score (nSPS) is 17.0. The molecule has 1 aliphatic heterocycles. The highest BCUT2D eigenvalue weighted by Gasteiger charge is 2.28. The van der Waals surface area contributed by atoms with E-state index >= 15 is 0 Å². The largest absolute Gasteiger partial charge is 0.373 e. The molecule has 1 aliphatic rings. The van der Waals surface area contributed by atoms with Gasteiger partial charge < -0.3 is 16.0 Å². The Kier molecular flexibility index (Phi) is 3.55. The van der Waals surface area contributed by atoms with E-state index in [9.17, 15) is 4.79 Å². The average molecular weight is 309 g/mol. The molecule has 0 aromatic heterocycles. The fourth-order valence-corrected chi connectivity index (χ4v) is 2.59. The first-order chi connectivity index (χ1) is 8.54. The van der Waals surface area contributed by atoms with Gasteiger partial charge in [0.2, 0.25) is 5.91 Å². The number of fused-ring (bicyclic) bond motifs is 1. The molecule has 1 heterocycles. The van der Waals surface area contributed by atoms with Gasteiger partial charge in [0.25, 0.3) is 0 Å². The Bertz CT molecular complexity index is 538. The molecule has 0 bridgehead atoms. The maximum atomic E-state index is 11.5. The molecular weight excluding hydrogens is 296 g/mol. The number of nitriles is 1. The molecule has 6 heteroatoms. The van der Waals surface area contributed by atoms with Crippen molar-refractivity contribution in [3.05, 3.63) is 22.2 Å². The summed E-state index contributed by atoms with van der Waals surface area (Å²) in [6.45, 7) is 0.633. The van der Waals surface area contributed by atoms with Crippen LogP contribution in [0.25, 0.3) is 0 Å². The third-order valence-electron chi connectivity index (χ3n) is 2.96. The minimum Gasteiger partial charge on any atom is -0.373 e. The van der Waals surface area contributed by atoms with Gasteiger partial charge in [-0.05, 0) is 28.1 Å². The molecule has 0 saturated carbocycles. The monoisotopic (exact) mass is 308 g/mol. The van der Waals surface area contributed by atoms with E-state index in [2.05, 4.69) is 27.3 Å². The molecule has 3 N–H and O–H groups in total. The van der Waals surface area contributed by atoms with Crippen LogP contribution >= 0.6 is 15.9 Å². The molecule has 1 aromatic carbocycles. The van der Waals surface area contributed by atoms with Crippen LogP contribution in [0, 0.1) is 11.3 Å². The summed E-state index contributed by atoms with van der Waals surface area (Å²) < 4.78 is 0.869. The molecule has 5 nitrogen and oxygen atoms in total. The van der Waals surface area contributed by atoms with Crippen molar-refractivity contribution in [1.82, 2.24) is 0 Å². The maximum Gasteiger partial charge on any atom is 0.245 e. The predicted molar refractivity (Wildman–Crippen MR) is 73.2 cm³/mol. The summed E-state index contributed by atoms with van der Waals surface area (Å²) in [6, 6.07) is 5.24. The van der Waals surface area contributed by atoms with Gasteiger partial charge in [0, 0.05) is 29.3 Å². The highest BCUT2D eigenvalue weighted by molar-refractivity contribution is 9.10. The first kappa shape index (κ1) is 12.9. The van der Waals surface area contributed by atoms with Gasteiger partial charge in [0.1, 0.15) is 6.04 Å². The number of hydrogen-bond donors (Lipinski definition) is 2. The van der Waals surface area contributed by atoms with Crippen LogP contribution in [0.3, 0.4) is 0 Å². The van der Waals surface area contributed by atoms with E-state index in [0.29, 0.717) is 13.0 Å². The second kappa shape index (κ2) is 4.96. The standard InChI is InChI=1S/C12H13BrN4O/c1-17(4-2-3-14)10-6-9-7(5-8(10)13)11(15)12(18)16-9/h5-6,11H,2,4,15H2,1H3,(H,16,18). The number of halogens is 1. The lowest BCUT2D eigenvalue weighted by molar-refractivity contribution is -0.116. The molecule has 18 heavy (non-hydrogen) atoms. The van der Waals surface area contributed by atoms with Crippen LogP contribution in [0.15, 0.2) is 16.6 Å². The lowest BCUT2D eigenvalue weighted by atomic mass is 10.1. The Morgan fingerprint density at radius 3 is 3.00 bits per heavy atom. The third-order valence-corrected chi connectivity index (χ3v) is 3.60. The number of anilines is 2. The zero-order chi connectivity index (χ0) is 13.3. The number of amides is 1. The summed E-state index contributed by atoms with van der Waals surface area (Å²) in [5.74, 6) is -0.186. The van der Waals surface area contributed by atoms with Crippen molar-refractivity contribution in [2.45, 2.75) is 12.5 Å². The number of carbonyl (C=O) groups excluding carboxylic acids is 1. The van der Waals surface area contributed by atoms with E-state index in [1.54, 1.807) is 0 Å². The third kappa shape index (κ3) is 2.19. The Balaban J connectivity index is 2.33. The SMILES string of the molecule is CN(CCC#N)c1cc2c(cc1Br)C(N)C(=O)N2. The first-order valence-electron chi connectivity index (χ1n) is 5.52.